The molecule has 0 aromatic heterocycles. The van der Waals surface area contributed by atoms with Crippen LogP contribution >= 0.6 is 0 Å². The monoisotopic (exact) mass is 222 g/mol. The molecule has 0 radical (unpaired) electrons. The lowest BCUT2D eigenvalue weighted by Crippen LogP contribution is -2.30. The number of amides is 1. The first-order valence-corrected chi connectivity index (χ1v) is 5.24. The van der Waals surface area contributed by atoms with Gasteiger partial charge in [0, 0.05) is 20.7 Å². The molecule has 1 aromatic rings. The third kappa shape index (κ3) is 4.42. The van der Waals surface area contributed by atoms with Gasteiger partial charge in [-0.3, -0.25) is 4.79 Å². The second-order valence-electron chi connectivity index (χ2n) is 3.53. The summed E-state index contributed by atoms with van der Waals surface area (Å²) in [6, 6.07) is 8.12. The van der Waals surface area contributed by atoms with Gasteiger partial charge in [-0.25, -0.2) is 0 Å². The fourth-order valence-corrected chi connectivity index (χ4v) is 1.33. The maximum Gasteiger partial charge on any atom is 0.233 e. The van der Waals surface area contributed by atoms with Gasteiger partial charge in [0.25, 0.3) is 0 Å². The number of likely N-dealkylation sites (N-methyl/N-ethyl adjacent to an activating group) is 1. The van der Waals surface area contributed by atoms with Gasteiger partial charge in [0.1, 0.15) is 0 Å². The number of benzene rings is 1. The summed E-state index contributed by atoms with van der Waals surface area (Å²) in [6.45, 7) is 1.67. The minimum absolute atomic E-state index is 0.00370. The Labute approximate surface area is 96.0 Å². The zero-order valence-electron chi connectivity index (χ0n) is 9.75. The van der Waals surface area contributed by atoms with Gasteiger partial charge in [0.05, 0.1) is 13.2 Å². The van der Waals surface area contributed by atoms with Crippen LogP contribution in [-0.2, 0) is 22.7 Å². The van der Waals surface area contributed by atoms with Crippen molar-refractivity contribution >= 4 is 5.91 Å². The van der Waals surface area contributed by atoms with Crippen molar-refractivity contribution < 1.29 is 9.53 Å². The molecule has 4 nitrogen and oxygen atoms in total. The van der Waals surface area contributed by atoms with Gasteiger partial charge in [0.2, 0.25) is 5.91 Å². The highest BCUT2D eigenvalue weighted by Gasteiger charge is 1.97. The fraction of sp³-hybridized carbons (Fsp3) is 0.417. The number of nitrogens with one attached hydrogen (secondary N) is 2. The van der Waals surface area contributed by atoms with Crippen LogP contribution in [0.25, 0.3) is 0 Å². The average Bonchev–Trinajstić information content (AvgIpc) is 2.31. The lowest BCUT2D eigenvalue weighted by Gasteiger charge is -2.05. The molecule has 1 aromatic carbocycles. The van der Waals surface area contributed by atoms with Crippen LogP contribution < -0.4 is 10.6 Å². The normalized spacial score (nSPS) is 10.1. The van der Waals surface area contributed by atoms with E-state index >= 15 is 0 Å². The fourth-order valence-electron chi connectivity index (χ4n) is 1.33. The quantitative estimate of drug-likeness (QED) is 0.743. The SMILES string of the molecule is CNC(=O)CNCc1ccc(COC)cc1. The number of carbonyl (C=O) groups is 1. The van der Waals surface area contributed by atoms with Crippen LogP contribution in [0.3, 0.4) is 0 Å². The minimum Gasteiger partial charge on any atom is -0.380 e. The van der Waals surface area contributed by atoms with E-state index in [2.05, 4.69) is 10.6 Å². The first-order valence-electron chi connectivity index (χ1n) is 5.24. The highest BCUT2D eigenvalue weighted by molar-refractivity contribution is 5.77. The molecule has 0 aliphatic carbocycles. The minimum atomic E-state index is -0.00370. The van der Waals surface area contributed by atoms with Crippen LogP contribution in [0.15, 0.2) is 24.3 Å². The van der Waals surface area contributed by atoms with Gasteiger partial charge in [0.15, 0.2) is 0 Å². The number of hydrogen-bond donors (Lipinski definition) is 2. The van der Waals surface area contributed by atoms with E-state index in [1.807, 2.05) is 24.3 Å². The molecular weight excluding hydrogens is 204 g/mol. The molecule has 4 heteroatoms. The number of rotatable bonds is 6. The summed E-state index contributed by atoms with van der Waals surface area (Å²) in [5.41, 5.74) is 2.31. The van der Waals surface area contributed by atoms with Gasteiger partial charge in [-0.2, -0.15) is 0 Å². The van der Waals surface area contributed by atoms with Crippen molar-refractivity contribution in [3.05, 3.63) is 35.4 Å². The van der Waals surface area contributed by atoms with E-state index in [0.29, 0.717) is 19.7 Å². The van der Waals surface area contributed by atoms with E-state index < -0.39 is 0 Å². The van der Waals surface area contributed by atoms with Gasteiger partial charge < -0.3 is 15.4 Å². The van der Waals surface area contributed by atoms with E-state index in [-0.39, 0.29) is 5.91 Å². The molecule has 0 fully saturated rings. The summed E-state index contributed by atoms with van der Waals surface area (Å²) in [7, 11) is 3.31. The maximum absolute atomic E-state index is 11.0. The van der Waals surface area contributed by atoms with Crippen LogP contribution in [0.2, 0.25) is 0 Å². The van der Waals surface area contributed by atoms with Gasteiger partial charge >= 0.3 is 0 Å². The Morgan fingerprint density at radius 2 is 1.88 bits per heavy atom. The summed E-state index contributed by atoms with van der Waals surface area (Å²) in [5, 5.41) is 5.62. The average molecular weight is 222 g/mol. The van der Waals surface area contributed by atoms with E-state index in [1.54, 1.807) is 14.2 Å². The van der Waals surface area contributed by atoms with E-state index in [0.717, 1.165) is 11.1 Å². The van der Waals surface area contributed by atoms with E-state index in [9.17, 15) is 4.79 Å². The summed E-state index contributed by atoms with van der Waals surface area (Å²) in [5.74, 6) is -0.00370. The van der Waals surface area contributed by atoms with Crippen molar-refractivity contribution in [2.75, 3.05) is 20.7 Å². The predicted octanol–water partition coefficient (Wildman–Crippen LogP) is 0.669. The first kappa shape index (κ1) is 12.7. The van der Waals surface area contributed by atoms with Gasteiger partial charge in [-0.05, 0) is 11.1 Å². The molecular formula is C12H18N2O2. The molecule has 88 valence electrons. The number of methoxy groups -OCH3 is 1. The maximum atomic E-state index is 11.0. The second-order valence-corrected chi connectivity index (χ2v) is 3.53. The summed E-state index contributed by atoms with van der Waals surface area (Å²) >= 11 is 0. The Balaban J connectivity index is 2.34. The molecule has 0 aliphatic heterocycles. The topological polar surface area (TPSA) is 50.4 Å². The zero-order valence-corrected chi connectivity index (χ0v) is 9.75. The van der Waals surface area contributed by atoms with Crippen LogP contribution in [0.1, 0.15) is 11.1 Å². The van der Waals surface area contributed by atoms with Crippen molar-refractivity contribution in [2.24, 2.45) is 0 Å². The molecule has 0 atom stereocenters. The van der Waals surface area contributed by atoms with Crippen LogP contribution in [0.5, 0.6) is 0 Å². The Morgan fingerprint density at radius 1 is 1.25 bits per heavy atom. The lowest BCUT2D eigenvalue weighted by atomic mass is 10.1. The Morgan fingerprint density at radius 3 is 2.44 bits per heavy atom. The lowest BCUT2D eigenvalue weighted by molar-refractivity contribution is -0.119. The summed E-state index contributed by atoms with van der Waals surface area (Å²) in [6.07, 6.45) is 0. The Kier molecular flexibility index (Phi) is 5.53. The van der Waals surface area contributed by atoms with Crippen molar-refractivity contribution in [1.29, 1.82) is 0 Å². The molecule has 1 amide bonds. The van der Waals surface area contributed by atoms with Crippen LogP contribution in [0, 0.1) is 0 Å². The van der Waals surface area contributed by atoms with Crippen LogP contribution in [-0.4, -0.2) is 26.6 Å². The summed E-state index contributed by atoms with van der Waals surface area (Å²) < 4.78 is 5.03. The number of hydrogen-bond acceptors (Lipinski definition) is 3. The first-order chi connectivity index (χ1) is 7.76. The zero-order chi connectivity index (χ0) is 11.8. The Bertz CT molecular complexity index is 322. The smallest absolute Gasteiger partial charge is 0.233 e. The highest BCUT2D eigenvalue weighted by atomic mass is 16.5. The van der Waals surface area contributed by atoms with Gasteiger partial charge in [-0.15, -0.1) is 0 Å². The van der Waals surface area contributed by atoms with Crippen molar-refractivity contribution in [2.45, 2.75) is 13.2 Å². The molecule has 0 unspecified atom stereocenters. The molecule has 1 rings (SSSR count). The molecule has 0 saturated heterocycles. The van der Waals surface area contributed by atoms with E-state index in [1.165, 1.54) is 0 Å². The molecule has 0 heterocycles. The number of ether oxygens (including phenoxy) is 1. The van der Waals surface area contributed by atoms with Gasteiger partial charge in [-0.1, -0.05) is 24.3 Å². The molecule has 0 bridgehead atoms. The molecule has 0 saturated carbocycles. The van der Waals surface area contributed by atoms with Crippen molar-refractivity contribution in [1.82, 2.24) is 10.6 Å². The molecule has 2 N–H and O–H groups in total. The third-order valence-corrected chi connectivity index (χ3v) is 2.23. The molecule has 0 spiro atoms. The largest absolute Gasteiger partial charge is 0.380 e. The summed E-state index contributed by atoms with van der Waals surface area (Å²) in [4.78, 5) is 11.0. The molecule has 0 aliphatic rings. The second kappa shape index (κ2) is 6.98. The molecule has 16 heavy (non-hydrogen) atoms. The Hall–Kier alpha value is -1.39. The van der Waals surface area contributed by atoms with Crippen molar-refractivity contribution in [3.63, 3.8) is 0 Å². The predicted molar refractivity (Wildman–Crippen MR) is 62.9 cm³/mol. The number of carbonyl (C=O) groups excluding carboxylic acids is 1. The highest BCUT2D eigenvalue weighted by Crippen LogP contribution is 2.04. The van der Waals surface area contributed by atoms with Crippen molar-refractivity contribution in [3.8, 4) is 0 Å². The van der Waals surface area contributed by atoms with E-state index in [4.69, 9.17) is 4.74 Å². The van der Waals surface area contributed by atoms with Crippen LogP contribution in [0.4, 0.5) is 0 Å². The standard InChI is InChI=1S/C12H18N2O2/c1-13-12(15)8-14-7-10-3-5-11(6-4-10)9-16-2/h3-6,14H,7-9H2,1-2H3,(H,13,15). The third-order valence-electron chi connectivity index (χ3n) is 2.23.